The van der Waals surface area contributed by atoms with E-state index in [1.54, 1.807) is 0 Å². The number of hydrogen-bond acceptors (Lipinski definition) is 1. The van der Waals surface area contributed by atoms with Gasteiger partial charge in [-0.05, 0) is 18.2 Å². The molecule has 0 aromatic heterocycles. The third-order valence-corrected chi connectivity index (χ3v) is 2.92. The highest BCUT2D eigenvalue weighted by Crippen LogP contribution is 2.21. The van der Waals surface area contributed by atoms with E-state index in [0.717, 1.165) is 6.07 Å². The lowest BCUT2D eigenvalue weighted by atomic mass is 10.2. The molecule has 2 nitrogen and oxygen atoms in total. The Morgan fingerprint density at radius 3 is 2.25 bits per heavy atom. The van der Waals surface area contributed by atoms with Crippen LogP contribution in [0.15, 0.2) is 34.8 Å². The van der Waals surface area contributed by atoms with Crippen molar-refractivity contribution in [2.24, 2.45) is 0 Å². The Morgan fingerprint density at radius 2 is 1.55 bits per heavy atom. The molecule has 2 aromatic carbocycles. The first-order valence-electron chi connectivity index (χ1n) is 5.29. The summed E-state index contributed by atoms with van der Waals surface area (Å²) in [6.07, 6.45) is 0. The minimum Gasteiger partial charge on any atom is -0.319 e. The molecular weight excluding hydrogens is 342 g/mol. The third-order valence-electron chi connectivity index (χ3n) is 2.43. The molecule has 0 saturated heterocycles. The van der Waals surface area contributed by atoms with Crippen molar-refractivity contribution in [2.75, 3.05) is 5.32 Å². The van der Waals surface area contributed by atoms with Gasteiger partial charge in [-0.1, -0.05) is 15.9 Å². The van der Waals surface area contributed by atoms with Crippen LogP contribution in [0.1, 0.15) is 10.4 Å². The van der Waals surface area contributed by atoms with Crippen LogP contribution in [-0.2, 0) is 0 Å². The molecule has 0 bridgehead atoms. The van der Waals surface area contributed by atoms with Crippen molar-refractivity contribution < 1.29 is 22.4 Å². The van der Waals surface area contributed by atoms with Crippen LogP contribution >= 0.6 is 15.9 Å². The van der Waals surface area contributed by atoms with Gasteiger partial charge in [-0.2, -0.15) is 0 Å². The average molecular weight is 348 g/mol. The van der Waals surface area contributed by atoms with Crippen LogP contribution in [0.4, 0.5) is 23.2 Å². The number of hydrogen-bond donors (Lipinski definition) is 1. The summed E-state index contributed by atoms with van der Waals surface area (Å²) < 4.78 is 53.0. The van der Waals surface area contributed by atoms with Crippen LogP contribution in [0.5, 0.6) is 0 Å². The average Bonchev–Trinajstić information content (AvgIpc) is 2.38. The Morgan fingerprint density at radius 1 is 0.900 bits per heavy atom. The van der Waals surface area contributed by atoms with E-state index in [1.807, 2.05) is 5.32 Å². The third kappa shape index (κ3) is 2.98. The molecule has 0 aliphatic rings. The summed E-state index contributed by atoms with van der Waals surface area (Å²) in [5, 5.41) is 1.98. The fraction of sp³-hybridized carbons (Fsp3) is 0. The first kappa shape index (κ1) is 14.5. The molecule has 0 spiro atoms. The number of halogens is 5. The van der Waals surface area contributed by atoms with Gasteiger partial charge in [-0.25, -0.2) is 17.6 Å². The van der Waals surface area contributed by atoms with Crippen molar-refractivity contribution in [3.63, 3.8) is 0 Å². The van der Waals surface area contributed by atoms with Crippen molar-refractivity contribution in [2.45, 2.75) is 0 Å². The first-order valence-corrected chi connectivity index (χ1v) is 6.08. The normalized spacial score (nSPS) is 10.4. The molecule has 0 radical (unpaired) electrons. The highest BCUT2D eigenvalue weighted by Gasteiger charge is 2.16. The molecule has 0 atom stereocenters. The van der Waals surface area contributed by atoms with Gasteiger partial charge in [0, 0.05) is 16.6 Å². The largest absolute Gasteiger partial charge is 0.319 e. The Labute approximate surface area is 119 Å². The van der Waals surface area contributed by atoms with Crippen LogP contribution in [0, 0.1) is 23.3 Å². The quantitative estimate of drug-likeness (QED) is 0.638. The molecule has 0 heterocycles. The zero-order valence-corrected chi connectivity index (χ0v) is 11.3. The van der Waals surface area contributed by atoms with Gasteiger partial charge >= 0.3 is 0 Å². The second-order valence-corrected chi connectivity index (χ2v) is 4.74. The van der Waals surface area contributed by atoms with Crippen LogP contribution in [0.2, 0.25) is 0 Å². The molecule has 0 aliphatic carbocycles. The summed E-state index contributed by atoms with van der Waals surface area (Å²) in [5.74, 6) is -5.67. The fourth-order valence-electron chi connectivity index (χ4n) is 1.48. The molecule has 7 heteroatoms. The summed E-state index contributed by atoms with van der Waals surface area (Å²) in [6, 6.07) is 4.38. The van der Waals surface area contributed by atoms with Gasteiger partial charge < -0.3 is 5.32 Å². The van der Waals surface area contributed by atoms with Crippen LogP contribution in [-0.4, -0.2) is 5.91 Å². The second-order valence-electron chi connectivity index (χ2n) is 3.82. The SMILES string of the molecule is O=C(Nc1cc(F)c(F)cc1F)c1cc(Br)ccc1F. The molecule has 104 valence electrons. The smallest absolute Gasteiger partial charge is 0.258 e. The van der Waals surface area contributed by atoms with Crippen LogP contribution < -0.4 is 5.32 Å². The lowest BCUT2D eigenvalue weighted by Gasteiger charge is -2.08. The molecule has 0 fully saturated rings. The highest BCUT2D eigenvalue weighted by molar-refractivity contribution is 9.10. The van der Waals surface area contributed by atoms with Crippen molar-refractivity contribution >= 4 is 27.5 Å². The number of nitrogens with one attached hydrogen (secondary N) is 1. The monoisotopic (exact) mass is 347 g/mol. The Hall–Kier alpha value is -1.89. The summed E-state index contributed by atoms with van der Waals surface area (Å²) >= 11 is 3.06. The highest BCUT2D eigenvalue weighted by atomic mass is 79.9. The molecule has 2 aromatic rings. The predicted octanol–water partition coefficient (Wildman–Crippen LogP) is 4.26. The van der Waals surface area contributed by atoms with E-state index in [0.29, 0.717) is 16.6 Å². The summed E-state index contributed by atoms with van der Waals surface area (Å²) in [5.41, 5.74) is -0.934. The molecule has 0 unspecified atom stereocenters. The maximum Gasteiger partial charge on any atom is 0.258 e. The van der Waals surface area contributed by atoms with E-state index in [1.165, 1.54) is 12.1 Å². The molecule has 1 amide bonds. The summed E-state index contributed by atoms with van der Waals surface area (Å²) in [6.45, 7) is 0. The Balaban J connectivity index is 2.32. The van der Waals surface area contributed by atoms with E-state index in [9.17, 15) is 22.4 Å². The maximum atomic E-state index is 13.5. The van der Waals surface area contributed by atoms with Gasteiger partial charge in [0.1, 0.15) is 11.6 Å². The minimum atomic E-state index is -1.38. The van der Waals surface area contributed by atoms with E-state index < -0.39 is 34.9 Å². The number of carbonyl (C=O) groups excluding carboxylic acids is 1. The van der Waals surface area contributed by atoms with Crippen molar-refractivity contribution in [3.05, 3.63) is 63.6 Å². The fourth-order valence-corrected chi connectivity index (χ4v) is 1.84. The molecular formula is C13H6BrF4NO. The Kier molecular flexibility index (Phi) is 4.08. The van der Waals surface area contributed by atoms with Gasteiger partial charge in [0.25, 0.3) is 5.91 Å². The van der Waals surface area contributed by atoms with Crippen LogP contribution in [0.3, 0.4) is 0 Å². The van der Waals surface area contributed by atoms with Crippen LogP contribution in [0.25, 0.3) is 0 Å². The molecule has 2 rings (SSSR count). The van der Waals surface area contributed by atoms with Gasteiger partial charge in [0.2, 0.25) is 0 Å². The summed E-state index contributed by atoms with van der Waals surface area (Å²) in [4.78, 5) is 11.8. The molecule has 0 aliphatic heterocycles. The van der Waals surface area contributed by atoms with Gasteiger partial charge in [-0.3, -0.25) is 4.79 Å². The molecule has 20 heavy (non-hydrogen) atoms. The maximum absolute atomic E-state index is 13.5. The number of amides is 1. The number of anilines is 1. The topological polar surface area (TPSA) is 29.1 Å². The number of rotatable bonds is 2. The van der Waals surface area contributed by atoms with Crippen molar-refractivity contribution in [1.82, 2.24) is 0 Å². The predicted molar refractivity (Wildman–Crippen MR) is 68.4 cm³/mol. The first-order chi connectivity index (χ1) is 9.38. The Bertz CT molecular complexity index is 690. The second kappa shape index (κ2) is 5.62. The lowest BCUT2D eigenvalue weighted by molar-refractivity contribution is 0.102. The molecule has 1 N–H and O–H groups in total. The lowest BCUT2D eigenvalue weighted by Crippen LogP contribution is -2.15. The van der Waals surface area contributed by atoms with Gasteiger partial charge in [-0.15, -0.1) is 0 Å². The standard InChI is InChI=1S/C13H6BrF4NO/c14-6-1-2-8(15)7(3-6)13(20)19-12-5-10(17)9(16)4-11(12)18/h1-5H,(H,19,20). The van der Waals surface area contributed by atoms with Gasteiger partial charge in [0.15, 0.2) is 11.6 Å². The number of benzene rings is 2. The van der Waals surface area contributed by atoms with E-state index >= 15 is 0 Å². The van der Waals surface area contributed by atoms with E-state index in [4.69, 9.17) is 0 Å². The zero-order valence-electron chi connectivity index (χ0n) is 9.68. The summed E-state index contributed by atoms with van der Waals surface area (Å²) in [7, 11) is 0. The minimum absolute atomic E-state index is 0.294. The van der Waals surface area contributed by atoms with E-state index in [2.05, 4.69) is 15.9 Å². The van der Waals surface area contributed by atoms with Crippen molar-refractivity contribution in [3.8, 4) is 0 Å². The van der Waals surface area contributed by atoms with Crippen molar-refractivity contribution in [1.29, 1.82) is 0 Å². The number of carbonyl (C=O) groups is 1. The van der Waals surface area contributed by atoms with E-state index in [-0.39, 0.29) is 5.56 Å². The molecule has 0 saturated carbocycles. The zero-order chi connectivity index (χ0) is 14.9. The van der Waals surface area contributed by atoms with Gasteiger partial charge in [0.05, 0.1) is 11.3 Å².